The lowest BCUT2D eigenvalue weighted by Gasteiger charge is -2.28. The lowest BCUT2D eigenvalue weighted by Crippen LogP contribution is -2.30. The van der Waals surface area contributed by atoms with Gasteiger partial charge in [-0.1, -0.05) is 12.8 Å². The Hall–Kier alpha value is -1.07. The Kier molecular flexibility index (Phi) is 3.75. The molecular weight excluding hydrogens is 306 g/mol. The fraction of sp³-hybridized carbons (Fsp3) is 0.500. The number of aromatic nitrogens is 2. The van der Waals surface area contributed by atoms with Crippen LogP contribution in [0.5, 0.6) is 0 Å². The lowest BCUT2D eigenvalue weighted by molar-refractivity contribution is 0.0763. The van der Waals surface area contributed by atoms with E-state index in [4.69, 9.17) is 0 Å². The van der Waals surface area contributed by atoms with Crippen molar-refractivity contribution in [1.29, 1.82) is 0 Å². The average Bonchev–Trinajstić information content (AvgIpc) is 2.88. The normalized spacial score (nSPS) is 23.7. The summed E-state index contributed by atoms with van der Waals surface area (Å²) in [6, 6.07) is 4.02. The number of fused-ring (bicyclic) bond motifs is 1. The minimum Gasteiger partial charge on any atom is -0.393 e. The van der Waals surface area contributed by atoms with Gasteiger partial charge in [0.05, 0.1) is 23.5 Å². The molecule has 1 fully saturated rings. The van der Waals surface area contributed by atoms with Crippen molar-refractivity contribution < 1.29 is 5.11 Å². The van der Waals surface area contributed by atoms with Crippen LogP contribution in [0.1, 0.15) is 25.7 Å². The summed E-state index contributed by atoms with van der Waals surface area (Å²) in [6.45, 7) is 0.810. The standard InChI is InChI=1S/C14H18BrN3O/c15-11-5-6-12-10(8-17-18-12)14(11)16-7-9-3-1-2-4-13(9)19/h5-6,8-9,13,16,19H,1-4,7H2,(H,17,18)/t9-,13+/m0/s1. The number of nitrogens with zero attached hydrogens (tertiary/aromatic N) is 1. The predicted octanol–water partition coefficient (Wildman–Crippen LogP) is 3.29. The molecule has 0 unspecified atom stereocenters. The quantitative estimate of drug-likeness (QED) is 0.812. The number of aliphatic hydroxyl groups excluding tert-OH is 1. The first kappa shape index (κ1) is 12.9. The van der Waals surface area contributed by atoms with Crippen LogP contribution < -0.4 is 5.32 Å². The van der Waals surface area contributed by atoms with E-state index in [0.29, 0.717) is 5.92 Å². The number of H-pyrrole nitrogens is 1. The van der Waals surface area contributed by atoms with Crippen LogP contribution >= 0.6 is 15.9 Å². The zero-order valence-corrected chi connectivity index (χ0v) is 12.3. The van der Waals surface area contributed by atoms with Crippen LogP contribution in [0.15, 0.2) is 22.8 Å². The van der Waals surface area contributed by atoms with Crippen LogP contribution in [0.2, 0.25) is 0 Å². The Morgan fingerprint density at radius 1 is 1.37 bits per heavy atom. The van der Waals surface area contributed by atoms with Gasteiger partial charge in [0.15, 0.2) is 0 Å². The van der Waals surface area contributed by atoms with Crippen LogP contribution in [0.3, 0.4) is 0 Å². The summed E-state index contributed by atoms with van der Waals surface area (Å²) >= 11 is 3.58. The molecule has 3 N–H and O–H groups in total. The number of aromatic amines is 1. The first-order valence-corrected chi connectivity index (χ1v) is 7.58. The molecule has 4 nitrogen and oxygen atoms in total. The molecule has 2 atom stereocenters. The first-order valence-electron chi connectivity index (χ1n) is 6.79. The topological polar surface area (TPSA) is 60.9 Å². The number of aliphatic hydroxyl groups is 1. The number of halogens is 1. The van der Waals surface area contributed by atoms with Crippen molar-refractivity contribution in [1.82, 2.24) is 10.2 Å². The molecule has 1 aliphatic rings. The van der Waals surface area contributed by atoms with E-state index in [1.54, 1.807) is 0 Å². The van der Waals surface area contributed by atoms with Gasteiger partial charge < -0.3 is 10.4 Å². The molecule has 0 saturated heterocycles. The van der Waals surface area contributed by atoms with E-state index in [1.807, 2.05) is 18.3 Å². The first-order chi connectivity index (χ1) is 9.25. The Balaban J connectivity index is 1.77. The van der Waals surface area contributed by atoms with Crippen molar-refractivity contribution in [3.05, 3.63) is 22.8 Å². The second kappa shape index (κ2) is 5.51. The third kappa shape index (κ3) is 2.62. The molecule has 19 heavy (non-hydrogen) atoms. The van der Waals surface area contributed by atoms with E-state index < -0.39 is 0 Å². The fourth-order valence-corrected chi connectivity index (χ4v) is 3.32. The average molecular weight is 324 g/mol. The molecule has 3 rings (SSSR count). The summed E-state index contributed by atoms with van der Waals surface area (Å²) in [5.74, 6) is 0.350. The molecular formula is C14H18BrN3O. The molecule has 1 aromatic heterocycles. The Morgan fingerprint density at radius 3 is 3.05 bits per heavy atom. The minimum absolute atomic E-state index is 0.163. The van der Waals surface area contributed by atoms with Gasteiger partial charge in [0, 0.05) is 22.3 Å². The van der Waals surface area contributed by atoms with Gasteiger partial charge in [-0.15, -0.1) is 0 Å². The maximum atomic E-state index is 10.0. The highest BCUT2D eigenvalue weighted by Gasteiger charge is 2.23. The van der Waals surface area contributed by atoms with Crippen molar-refractivity contribution in [2.75, 3.05) is 11.9 Å². The summed E-state index contributed by atoms with van der Waals surface area (Å²) in [5, 5.41) is 21.6. The lowest BCUT2D eigenvalue weighted by atomic mass is 9.86. The Morgan fingerprint density at radius 2 is 2.21 bits per heavy atom. The van der Waals surface area contributed by atoms with Crippen LogP contribution in [0.25, 0.3) is 10.9 Å². The van der Waals surface area contributed by atoms with Crippen molar-refractivity contribution in [2.45, 2.75) is 31.8 Å². The molecule has 0 radical (unpaired) electrons. The zero-order chi connectivity index (χ0) is 13.2. The summed E-state index contributed by atoms with van der Waals surface area (Å²) in [6.07, 6.45) is 6.08. The summed E-state index contributed by atoms with van der Waals surface area (Å²) < 4.78 is 1.03. The summed E-state index contributed by atoms with van der Waals surface area (Å²) in [7, 11) is 0. The molecule has 1 heterocycles. The third-order valence-electron chi connectivity index (χ3n) is 3.98. The van der Waals surface area contributed by atoms with Crippen LogP contribution in [-0.2, 0) is 0 Å². The van der Waals surface area contributed by atoms with Gasteiger partial charge in [-0.2, -0.15) is 5.10 Å². The van der Waals surface area contributed by atoms with Crippen LogP contribution in [0.4, 0.5) is 5.69 Å². The molecule has 0 amide bonds. The SMILES string of the molecule is O[C@@H]1CCCC[C@H]1CNc1c(Br)ccc2[nH]ncc12. The number of rotatable bonds is 3. The molecule has 0 bridgehead atoms. The van der Waals surface area contributed by atoms with Crippen molar-refractivity contribution in [3.63, 3.8) is 0 Å². The number of benzene rings is 1. The maximum absolute atomic E-state index is 10.0. The van der Waals surface area contributed by atoms with Crippen molar-refractivity contribution in [3.8, 4) is 0 Å². The van der Waals surface area contributed by atoms with Gasteiger partial charge in [-0.3, -0.25) is 5.10 Å². The van der Waals surface area contributed by atoms with E-state index in [0.717, 1.165) is 46.9 Å². The Labute approximate surface area is 120 Å². The summed E-state index contributed by atoms with van der Waals surface area (Å²) in [4.78, 5) is 0. The van der Waals surface area contributed by atoms with E-state index in [-0.39, 0.29) is 6.10 Å². The van der Waals surface area contributed by atoms with Gasteiger partial charge in [0.2, 0.25) is 0 Å². The van der Waals surface area contributed by atoms with Gasteiger partial charge >= 0.3 is 0 Å². The molecule has 1 aromatic carbocycles. The largest absolute Gasteiger partial charge is 0.393 e. The zero-order valence-electron chi connectivity index (χ0n) is 10.7. The maximum Gasteiger partial charge on any atom is 0.0671 e. The van der Waals surface area contributed by atoms with Gasteiger partial charge in [-0.05, 0) is 40.9 Å². The van der Waals surface area contributed by atoms with Crippen molar-refractivity contribution in [2.24, 2.45) is 5.92 Å². The highest BCUT2D eigenvalue weighted by molar-refractivity contribution is 9.10. The third-order valence-corrected chi connectivity index (χ3v) is 4.64. The molecule has 0 spiro atoms. The van der Waals surface area contributed by atoms with Crippen LogP contribution in [0, 0.1) is 5.92 Å². The van der Waals surface area contributed by atoms with E-state index >= 15 is 0 Å². The molecule has 1 saturated carbocycles. The second-order valence-electron chi connectivity index (χ2n) is 5.25. The minimum atomic E-state index is -0.163. The predicted molar refractivity (Wildman–Crippen MR) is 80.2 cm³/mol. The number of hydrogen-bond acceptors (Lipinski definition) is 3. The van der Waals surface area contributed by atoms with E-state index in [2.05, 4.69) is 31.4 Å². The molecule has 5 heteroatoms. The fourth-order valence-electron chi connectivity index (χ4n) is 2.83. The van der Waals surface area contributed by atoms with Gasteiger partial charge in [0.1, 0.15) is 0 Å². The Bertz CT molecular complexity index is 569. The summed E-state index contributed by atoms with van der Waals surface area (Å²) in [5.41, 5.74) is 2.08. The molecule has 102 valence electrons. The van der Waals surface area contributed by atoms with E-state index in [1.165, 1.54) is 6.42 Å². The van der Waals surface area contributed by atoms with E-state index in [9.17, 15) is 5.11 Å². The monoisotopic (exact) mass is 323 g/mol. The highest BCUT2D eigenvalue weighted by atomic mass is 79.9. The molecule has 2 aromatic rings. The molecule has 0 aliphatic heterocycles. The number of hydrogen-bond donors (Lipinski definition) is 3. The smallest absolute Gasteiger partial charge is 0.0671 e. The highest BCUT2D eigenvalue weighted by Crippen LogP contribution is 2.32. The second-order valence-corrected chi connectivity index (χ2v) is 6.10. The molecule has 1 aliphatic carbocycles. The van der Waals surface area contributed by atoms with Crippen LogP contribution in [-0.4, -0.2) is 28.0 Å². The number of anilines is 1. The van der Waals surface area contributed by atoms with Gasteiger partial charge in [-0.25, -0.2) is 0 Å². The van der Waals surface area contributed by atoms with Gasteiger partial charge in [0.25, 0.3) is 0 Å². The number of nitrogens with one attached hydrogen (secondary N) is 2. The van der Waals surface area contributed by atoms with Crippen molar-refractivity contribution >= 4 is 32.5 Å².